The predicted octanol–water partition coefficient (Wildman–Crippen LogP) is 3.49. The second-order valence-electron chi connectivity index (χ2n) is 5.04. The third-order valence-corrected chi connectivity index (χ3v) is 3.58. The van der Waals surface area contributed by atoms with Gasteiger partial charge in [-0.3, -0.25) is 0 Å². The molecule has 2 aromatic rings. The maximum Gasteiger partial charge on any atom is 0.120 e. The smallest absolute Gasteiger partial charge is 0.120 e. The average Bonchev–Trinajstić information content (AvgIpc) is 2.51. The molecule has 2 aromatic carbocycles. The van der Waals surface area contributed by atoms with Crippen LogP contribution < -0.4 is 10.5 Å². The van der Waals surface area contributed by atoms with E-state index in [4.69, 9.17) is 15.2 Å². The van der Waals surface area contributed by atoms with Crippen molar-refractivity contribution in [3.63, 3.8) is 0 Å². The lowest BCUT2D eigenvalue weighted by Crippen LogP contribution is -2.25. The van der Waals surface area contributed by atoms with E-state index in [1.165, 1.54) is 0 Å². The van der Waals surface area contributed by atoms with Crippen LogP contribution in [0.4, 0.5) is 5.69 Å². The zero-order valence-corrected chi connectivity index (χ0v) is 11.4. The lowest BCUT2D eigenvalue weighted by atomic mass is 10.0. The molecule has 3 heteroatoms. The summed E-state index contributed by atoms with van der Waals surface area (Å²) < 4.78 is 11.4. The standard InChI is InChI=1S/C17H19NO2/c18-17-7-6-15(20-14-8-10-19-11-9-14)12-16(17)13-4-2-1-3-5-13/h1-7,12,14H,8-11,18H2. The molecule has 1 heterocycles. The van der Waals surface area contributed by atoms with Crippen LogP contribution in [0.3, 0.4) is 0 Å². The number of anilines is 1. The van der Waals surface area contributed by atoms with Crippen LogP contribution in [0.15, 0.2) is 48.5 Å². The van der Waals surface area contributed by atoms with Crippen LogP contribution in [-0.2, 0) is 4.74 Å². The van der Waals surface area contributed by atoms with Gasteiger partial charge >= 0.3 is 0 Å². The summed E-state index contributed by atoms with van der Waals surface area (Å²) >= 11 is 0. The van der Waals surface area contributed by atoms with E-state index in [0.717, 1.165) is 48.6 Å². The van der Waals surface area contributed by atoms with Gasteiger partial charge in [0.1, 0.15) is 11.9 Å². The molecule has 0 aromatic heterocycles. The minimum Gasteiger partial charge on any atom is -0.490 e. The Morgan fingerprint density at radius 1 is 1.00 bits per heavy atom. The van der Waals surface area contributed by atoms with Gasteiger partial charge in [-0.25, -0.2) is 0 Å². The van der Waals surface area contributed by atoms with Gasteiger partial charge in [0.2, 0.25) is 0 Å². The van der Waals surface area contributed by atoms with Gasteiger partial charge in [-0.15, -0.1) is 0 Å². The molecule has 1 aliphatic heterocycles. The summed E-state index contributed by atoms with van der Waals surface area (Å²) in [5.41, 5.74) is 8.99. The number of hydrogen-bond acceptors (Lipinski definition) is 3. The van der Waals surface area contributed by atoms with Crippen molar-refractivity contribution in [1.29, 1.82) is 0 Å². The molecule has 20 heavy (non-hydrogen) atoms. The first-order valence-electron chi connectivity index (χ1n) is 7.02. The highest BCUT2D eigenvalue weighted by atomic mass is 16.5. The van der Waals surface area contributed by atoms with Crippen molar-refractivity contribution in [2.75, 3.05) is 18.9 Å². The molecule has 0 saturated carbocycles. The Morgan fingerprint density at radius 2 is 1.75 bits per heavy atom. The zero-order chi connectivity index (χ0) is 13.8. The average molecular weight is 269 g/mol. The van der Waals surface area contributed by atoms with E-state index in [1.54, 1.807) is 0 Å². The molecule has 1 saturated heterocycles. The molecular formula is C17H19NO2. The maximum absolute atomic E-state index is 6.08. The molecule has 0 amide bonds. The Labute approximate surface area is 119 Å². The summed E-state index contributed by atoms with van der Waals surface area (Å²) in [4.78, 5) is 0. The number of rotatable bonds is 3. The molecule has 0 unspecified atom stereocenters. The van der Waals surface area contributed by atoms with E-state index in [1.807, 2.05) is 36.4 Å². The van der Waals surface area contributed by atoms with Crippen LogP contribution in [0.2, 0.25) is 0 Å². The van der Waals surface area contributed by atoms with Gasteiger partial charge in [0.25, 0.3) is 0 Å². The third kappa shape index (κ3) is 2.94. The van der Waals surface area contributed by atoms with E-state index in [-0.39, 0.29) is 6.10 Å². The van der Waals surface area contributed by atoms with Crippen molar-refractivity contribution in [2.24, 2.45) is 0 Å². The fraction of sp³-hybridized carbons (Fsp3) is 0.294. The van der Waals surface area contributed by atoms with Crippen LogP contribution in [0.5, 0.6) is 5.75 Å². The Kier molecular flexibility index (Phi) is 3.88. The Bertz CT molecular complexity index is 562. The third-order valence-electron chi connectivity index (χ3n) is 3.58. The number of ether oxygens (including phenoxy) is 2. The van der Waals surface area contributed by atoms with Crippen molar-refractivity contribution < 1.29 is 9.47 Å². The van der Waals surface area contributed by atoms with Gasteiger partial charge in [-0.2, -0.15) is 0 Å². The number of nitrogen functional groups attached to an aromatic ring is 1. The largest absolute Gasteiger partial charge is 0.490 e. The first kappa shape index (κ1) is 13.0. The zero-order valence-electron chi connectivity index (χ0n) is 11.4. The van der Waals surface area contributed by atoms with Crippen LogP contribution >= 0.6 is 0 Å². The van der Waals surface area contributed by atoms with Gasteiger partial charge in [0.05, 0.1) is 13.2 Å². The summed E-state index contributed by atoms with van der Waals surface area (Å²) in [5, 5.41) is 0. The maximum atomic E-state index is 6.08. The molecule has 3 rings (SSSR count). The molecule has 0 spiro atoms. The van der Waals surface area contributed by atoms with E-state index in [9.17, 15) is 0 Å². The molecule has 1 aliphatic rings. The Hall–Kier alpha value is -2.00. The highest BCUT2D eigenvalue weighted by Gasteiger charge is 2.15. The molecule has 1 fully saturated rings. The molecule has 0 atom stereocenters. The molecule has 0 bridgehead atoms. The minimum absolute atomic E-state index is 0.246. The van der Waals surface area contributed by atoms with E-state index >= 15 is 0 Å². The fourth-order valence-corrected chi connectivity index (χ4v) is 2.46. The molecule has 2 N–H and O–H groups in total. The SMILES string of the molecule is Nc1ccc(OC2CCOCC2)cc1-c1ccccc1. The van der Waals surface area contributed by atoms with E-state index in [2.05, 4.69) is 12.1 Å². The lowest BCUT2D eigenvalue weighted by molar-refractivity contribution is 0.0256. The summed E-state index contributed by atoms with van der Waals surface area (Å²) in [7, 11) is 0. The lowest BCUT2D eigenvalue weighted by Gasteiger charge is -2.23. The predicted molar refractivity (Wildman–Crippen MR) is 80.8 cm³/mol. The van der Waals surface area contributed by atoms with E-state index < -0.39 is 0 Å². The second-order valence-corrected chi connectivity index (χ2v) is 5.04. The number of nitrogens with two attached hydrogens (primary N) is 1. The normalized spacial score (nSPS) is 16.0. The van der Waals surface area contributed by atoms with Gasteiger partial charge in [0.15, 0.2) is 0 Å². The molecule has 0 aliphatic carbocycles. The summed E-state index contributed by atoms with van der Waals surface area (Å²) in [6, 6.07) is 16.0. The Balaban J connectivity index is 1.83. The van der Waals surface area contributed by atoms with Crippen LogP contribution in [0.25, 0.3) is 11.1 Å². The minimum atomic E-state index is 0.246. The summed E-state index contributed by atoms with van der Waals surface area (Å²) in [6.07, 6.45) is 2.15. The highest BCUT2D eigenvalue weighted by Crippen LogP contribution is 2.30. The van der Waals surface area contributed by atoms with Crippen LogP contribution in [0.1, 0.15) is 12.8 Å². The summed E-state index contributed by atoms with van der Waals surface area (Å²) in [5.74, 6) is 0.880. The Morgan fingerprint density at radius 3 is 2.50 bits per heavy atom. The van der Waals surface area contributed by atoms with Crippen LogP contribution in [-0.4, -0.2) is 19.3 Å². The topological polar surface area (TPSA) is 44.5 Å². The first-order valence-corrected chi connectivity index (χ1v) is 7.02. The van der Waals surface area contributed by atoms with Crippen molar-refractivity contribution >= 4 is 5.69 Å². The highest BCUT2D eigenvalue weighted by molar-refractivity contribution is 5.77. The molecule has 0 radical (unpaired) electrons. The number of hydrogen-bond donors (Lipinski definition) is 1. The molecule has 3 nitrogen and oxygen atoms in total. The quantitative estimate of drug-likeness (QED) is 0.867. The van der Waals surface area contributed by atoms with Crippen molar-refractivity contribution in [1.82, 2.24) is 0 Å². The van der Waals surface area contributed by atoms with Gasteiger partial charge in [-0.1, -0.05) is 30.3 Å². The fourth-order valence-electron chi connectivity index (χ4n) is 2.46. The molecular weight excluding hydrogens is 250 g/mol. The van der Waals surface area contributed by atoms with Crippen molar-refractivity contribution in [3.8, 4) is 16.9 Å². The second kappa shape index (κ2) is 5.97. The van der Waals surface area contributed by atoms with Gasteiger partial charge in [0, 0.05) is 24.1 Å². The van der Waals surface area contributed by atoms with Gasteiger partial charge < -0.3 is 15.2 Å². The van der Waals surface area contributed by atoms with E-state index in [0.29, 0.717) is 0 Å². The van der Waals surface area contributed by atoms with Crippen molar-refractivity contribution in [3.05, 3.63) is 48.5 Å². The van der Waals surface area contributed by atoms with Crippen molar-refractivity contribution in [2.45, 2.75) is 18.9 Å². The molecule has 104 valence electrons. The summed E-state index contributed by atoms with van der Waals surface area (Å²) in [6.45, 7) is 1.57. The van der Waals surface area contributed by atoms with Gasteiger partial charge in [-0.05, 0) is 23.8 Å². The first-order chi connectivity index (χ1) is 9.83. The number of benzene rings is 2. The monoisotopic (exact) mass is 269 g/mol. The van der Waals surface area contributed by atoms with Crippen LogP contribution in [0, 0.1) is 0 Å².